The van der Waals surface area contributed by atoms with E-state index in [1.54, 1.807) is 0 Å². The van der Waals surface area contributed by atoms with Gasteiger partial charge in [0, 0.05) is 24.2 Å². The van der Waals surface area contributed by atoms with Gasteiger partial charge in [-0.05, 0) is 6.92 Å². The lowest BCUT2D eigenvalue weighted by atomic mass is 9.98. The predicted octanol–water partition coefficient (Wildman–Crippen LogP) is 3.41. The van der Waals surface area contributed by atoms with Crippen LogP contribution in [0, 0.1) is 6.92 Å². The first kappa shape index (κ1) is 15.2. The molecule has 1 aromatic rings. The minimum absolute atomic E-state index is 0.502. The van der Waals surface area contributed by atoms with E-state index in [-0.39, 0.29) is 0 Å². The highest BCUT2D eigenvalue weighted by Crippen LogP contribution is 2.27. The van der Waals surface area contributed by atoms with Crippen LogP contribution in [0.5, 0.6) is 0 Å². The molecule has 2 rings (SSSR count). The maximum absolute atomic E-state index is 5.40. The Labute approximate surface area is 99.8 Å². The minimum atomic E-state index is 0.502. The molecule has 0 fully saturated rings. The molecule has 16 heavy (non-hydrogen) atoms. The van der Waals surface area contributed by atoms with E-state index in [2.05, 4.69) is 18.9 Å². The standard InChI is InChI=1S/C9H14N2O.2C2H6/c1-6-4-12-5-8-9(6)7(2)11(3)10-8;2*1-2/h6H,4-5H2,1-3H3;2*1-2H3. The summed E-state index contributed by atoms with van der Waals surface area (Å²) < 4.78 is 7.34. The van der Waals surface area contributed by atoms with E-state index in [1.165, 1.54) is 11.3 Å². The molecular weight excluding hydrogens is 200 g/mol. The van der Waals surface area contributed by atoms with Crippen LogP contribution in [0.1, 0.15) is 57.5 Å². The Morgan fingerprint density at radius 3 is 2.31 bits per heavy atom. The van der Waals surface area contributed by atoms with Crippen LogP contribution in [-0.2, 0) is 18.4 Å². The SMILES string of the molecule is CC.CC.Cc1c2c(nn1C)COCC2C. The van der Waals surface area contributed by atoms with Crippen LogP contribution in [0.2, 0.25) is 0 Å². The number of aryl methyl sites for hydroxylation is 1. The average Bonchev–Trinajstić information content (AvgIpc) is 2.62. The Hall–Kier alpha value is -0.830. The molecule has 1 unspecified atom stereocenters. The Bertz CT molecular complexity index is 305. The molecule has 0 aromatic carbocycles. The molecule has 0 amide bonds. The second-order valence-electron chi connectivity index (χ2n) is 3.49. The molecule has 0 bridgehead atoms. The van der Waals surface area contributed by atoms with Gasteiger partial charge in [0.15, 0.2) is 0 Å². The number of nitrogens with zero attached hydrogens (tertiary/aromatic N) is 2. The summed E-state index contributed by atoms with van der Waals surface area (Å²) >= 11 is 0. The Morgan fingerprint density at radius 1 is 1.25 bits per heavy atom. The Kier molecular flexibility index (Phi) is 7.06. The second kappa shape index (κ2) is 7.44. The first-order valence-electron chi connectivity index (χ1n) is 6.30. The van der Waals surface area contributed by atoms with Gasteiger partial charge in [-0.25, -0.2) is 0 Å². The molecular formula is C13H26N2O. The van der Waals surface area contributed by atoms with Crippen LogP contribution in [0.4, 0.5) is 0 Å². The van der Waals surface area contributed by atoms with Gasteiger partial charge in [0.05, 0.1) is 18.9 Å². The van der Waals surface area contributed by atoms with Gasteiger partial charge in [-0.15, -0.1) is 0 Å². The lowest BCUT2D eigenvalue weighted by Gasteiger charge is -2.18. The first-order chi connectivity index (χ1) is 7.70. The third-order valence-corrected chi connectivity index (χ3v) is 2.56. The number of aromatic nitrogens is 2. The Balaban J connectivity index is 0.000000509. The van der Waals surface area contributed by atoms with Crippen LogP contribution in [-0.4, -0.2) is 16.4 Å². The van der Waals surface area contributed by atoms with E-state index in [9.17, 15) is 0 Å². The summed E-state index contributed by atoms with van der Waals surface area (Å²) in [6, 6.07) is 0. The normalized spacial score (nSPS) is 17.6. The fourth-order valence-corrected chi connectivity index (χ4v) is 1.86. The molecule has 1 aromatic heterocycles. The van der Waals surface area contributed by atoms with Crippen molar-refractivity contribution in [2.24, 2.45) is 7.05 Å². The number of hydrogen-bond acceptors (Lipinski definition) is 2. The van der Waals surface area contributed by atoms with Gasteiger partial charge in [0.2, 0.25) is 0 Å². The van der Waals surface area contributed by atoms with Gasteiger partial charge in [0.25, 0.3) is 0 Å². The van der Waals surface area contributed by atoms with Gasteiger partial charge >= 0.3 is 0 Å². The summed E-state index contributed by atoms with van der Waals surface area (Å²) in [5.41, 5.74) is 3.79. The van der Waals surface area contributed by atoms with E-state index in [4.69, 9.17) is 4.74 Å². The van der Waals surface area contributed by atoms with Crippen LogP contribution in [0.25, 0.3) is 0 Å². The smallest absolute Gasteiger partial charge is 0.0919 e. The van der Waals surface area contributed by atoms with Gasteiger partial charge in [-0.1, -0.05) is 34.6 Å². The topological polar surface area (TPSA) is 27.1 Å². The van der Waals surface area contributed by atoms with E-state index in [0.29, 0.717) is 12.5 Å². The van der Waals surface area contributed by atoms with Gasteiger partial charge in [0.1, 0.15) is 0 Å². The average molecular weight is 226 g/mol. The zero-order valence-corrected chi connectivity index (χ0v) is 11.8. The highest BCUT2D eigenvalue weighted by atomic mass is 16.5. The second-order valence-corrected chi connectivity index (χ2v) is 3.49. The van der Waals surface area contributed by atoms with E-state index >= 15 is 0 Å². The van der Waals surface area contributed by atoms with Gasteiger partial charge in [-0.2, -0.15) is 5.10 Å². The van der Waals surface area contributed by atoms with Crippen molar-refractivity contribution in [1.29, 1.82) is 0 Å². The molecule has 0 saturated carbocycles. The highest BCUT2D eigenvalue weighted by Gasteiger charge is 2.22. The molecule has 94 valence electrons. The molecule has 3 nitrogen and oxygen atoms in total. The van der Waals surface area contributed by atoms with E-state index in [0.717, 1.165) is 12.3 Å². The molecule has 1 atom stereocenters. The van der Waals surface area contributed by atoms with E-state index < -0.39 is 0 Å². The van der Waals surface area contributed by atoms with Crippen molar-refractivity contribution in [2.45, 2.75) is 54.1 Å². The monoisotopic (exact) mass is 226 g/mol. The van der Waals surface area contributed by atoms with Crippen molar-refractivity contribution >= 4 is 0 Å². The summed E-state index contributed by atoms with van der Waals surface area (Å²) in [5.74, 6) is 0.502. The van der Waals surface area contributed by atoms with Gasteiger partial charge < -0.3 is 4.74 Å². The molecule has 3 heteroatoms. The minimum Gasteiger partial charge on any atom is -0.374 e. The molecule has 0 radical (unpaired) electrons. The molecule has 1 aliphatic rings. The molecule has 0 spiro atoms. The largest absolute Gasteiger partial charge is 0.374 e. The lowest BCUT2D eigenvalue weighted by Crippen LogP contribution is -2.13. The first-order valence-corrected chi connectivity index (χ1v) is 6.30. The fraction of sp³-hybridized carbons (Fsp3) is 0.769. The van der Waals surface area contributed by atoms with Crippen molar-refractivity contribution < 1.29 is 4.74 Å². The molecule has 2 heterocycles. The summed E-state index contributed by atoms with van der Waals surface area (Å²) in [7, 11) is 1.99. The zero-order valence-electron chi connectivity index (χ0n) is 11.8. The fourth-order valence-electron chi connectivity index (χ4n) is 1.86. The number of ether oxygens (including phenoxy) is 1. The predicted molar refractivity (Wildman–Crippen MR) is 68.7 cm³/mol. The summed E-state index contributed by atoms with van der Waals surface area (Å²) in [6.45, 7) is 13.8. The van der Waals surface area contributed by atoms with Crippen molar-refractivity contribution in [3.05, 3.63) is 17.0 Å². The maximum atomic E-state index is 5.40. The quantitative estimate of drug-likeness (QED) is 0.678. The van der Waals surface area contributed by atoms with Gasteiger partial charge in [-0.3, -0.25) is 4.68 Å². The summed E-state index contributed by atoms with van der Waals surface area (Å²) in [6.07, 6.45) is 0. The zero-order chi connectivity index (χ0) is 12.7. The van der Waals surface area contributed by atoms with Crippen LogP contribution in [0.3, 0.4) is 0 Å². The maximum Gasteiger partial charge on any atom is 0.0919 e. The van der Waals surface area contributed by atoms with Crippen molar-refractivity contribution in [3.63, 3.8) is 0 Å². The number of fused-ring (bicyclic) bond motifs is 1. The third kappa shape index (κ3) is 3.08. The lowest BCUT2D eigenvalue weighted by molar-refractivity contribution is 0.0924. The van der Waals surface area contributed by atoms with E-state index in [1.807, 2.05) is 39.4 Å². The van der Waals surface area contributed by atoms with Crippen LogP contribution >= 0.6 is 0 Å². The van der Waals surface area contributed by atoms with Crippen molar-refractivity contribution in [2.75, 3.05) is 6.61 Å². The van der Waals surface area contributed by atoms with Crippen LogP contribution in [0.15, 0.2) is 0 Å². The Morgan fingerprint density at radius 2 is 1.81 bits per heavy atom. The van der Waals surface area contributed by atoms with Crippen molar-refractivity contribution in [1.82, 2.24) is 9.78 Å². The van der Waals surface area contributed by atoms with Crippen LogP contribution < -0.4 is 0 Å². The highest BCUT2D eigenvalue weighted by molar-refractivity contribution is 5.30. The molecule has 0 aliphatic carbocycles. The molecule has 1 aliphatic heterocycles. The third-order valence-electron chi connectivity index (χ3n) is 2.56. The van der Waals surface area contributed by atoms with Crippen molar-refractivity contribution in [3.8, 4) is 0 Å². The number of rotatable bonds is 0. The molecule has 0 N–H and O–H groups in total. The molecule has 0 saturated heterocycles. The summed E-state index contributed by atoms with van der Waals surface area (Å²) in [5, 5.41) is 4.39. The summed E-state index contributed by atoms with van der Waals surface area (Å²) in [4.78, 5) is 0. The number of hydrogen-bond donors (Lipinski definition) is 0.